The van der Waals surface area contributed by atoms with Gasteiger partial charge in [-0.05, 0) is 39.9 Å². The number of halogens is 2. The highest BCUT2D eigenvalue weighted by Gasteiger charge is 2.20. The van der Waals surface area contributed by atoms with Crippen molar-refractivity contribution >= 4 is 15.9 Å². The fraction of sp³-hybridized carbons (Fsp3) is 0.500. The van der Waals surface area contributed by atoms with Crippen molar-refractivity contribution in [2.24, 2.45) is 11.8 Å². The summed E-state index contributed by atoms with van der Waals surface area (Å²) in [6.45, 7) is 4.25. The molecule has 4 heteroatoms. The number of nitrogens with two attached hydrogens (primary N) is 1. The summed E-state index contributed by atoms with van der Waals surface area (Å²) in [5, 5.41) is 0. The summed E-state index contributed by atoms with van der Waals surface area (Å²) < 4.78 is 13.9. The smallest absolute Gasteiger partial charge is 0.137 e. The van der Waals surface area contributed by atoms with Crippen LogP contribution in [0.5, 0.6) is 0 Å². The average Bonchev–Trinajstić information content (AvgIpc) is 2.25. The van der Waals surface area contributed by atoms with Crippen LogP contribution in [0.3, 0.4) is 0 Å². The zero-order valence-electron chi connectivity index (χ0n) is 9.63. The van der Waals surface area contributed by atoms with Crippen molar-refractivity contribution in [1.82, 2.24) is 5.43 Å². The molecule has 0 amide bonds. The van der Waals surface area contributed by atoms with E-state index >= 15 is 0 Å². The van der Waals surface area contributed by atoms with Gasteiger partial charge in [-0.3, -0.25) is 11.3 Å². The summed E-state index contributed by atoms with van der Waals surface area (Å²) in [5.74, 6) is 5.68. The van der Waals surface area contributed by atoms with E-state index in [0.717, 1.165) is 18.4 Å². The van der Waals surface area contributed by atoms with Crippen molar-refractivity contribution in [1.29, 1.82) is 0 Å². The van der Waals surface area contributed by atoms with Crippen LogP contribution in [-0.4, -0.2) is 0 Å². The van der Waals surface area contributed by atoms with Crippen molar-refractivity contribution in [2.75, 3.05) is 0 Å². The molecule has 1 aromatic rings. The minimum atomic E-state index is -0.249. The molecule has 16 heavy (non-hydrogen) atoms. The summed E-state index contributed by atoms with van der Waals surface area (Å²) in [6, 6.07) is 5.01. The lowest BCUT2D eigenvalue weighted by Gasteiger charge is -2.24. The Labute approximate surface area is 105 Å². The second-order valence-electron chi connectivity index (χ2n) is 4.05. The van der Waals surface area contributed by atoms with E-state index in [0.29, 0.717) is 10.4 Å². The van der Waals surface area contributed by atoms with E-state index < -0.39 is 0 Å². The Morgan fingerprint density at radius 1 is 1.50 bits per heavy atom. The van der Waals surface area contributed by atoms with Crippen LogP contribution in [0.15, 0.2) is 22.7 Å². The highest BCUT2D eigenvalue weighted by molar-refractivity contribution is 9.10. The Morgan fingerprint density at radius 3 is 2.75 bits per heavy atom. The number of hydrogen-bond donors (Lipinski definition) is 2. The average molecular weight is 289 g/mol. The molecule has 0 saturated carbocycles. The first-order chi connectivity index (χ1) is 7.61. The maximum Gasteiger partial charge on any atom is 0.137 e. The van der Waals surface area contributed by atoms with Crippen LogP contribution < -0.4 is 11.3 Å². The molecular formula is C12H18BrFN2. The van der Waals surface area contributed by atoms with E-state index in [-0.39, 0.29) is 11.9 Å². The second-order valence-corrected chi connectivity index (χ2v) is 4.85. The maximum atomic E-state index is 13.4. The van der Waals surface area contributed by atoms with E-state index in [1.807, 2.05) is 6.07 Å². The number of nitrogens with one attached hydrogen (secondary N) is 1. The van der Waals surface area contributed by atoms with Crippen molar-refractivity contribution in [2.45, 2.75) is 32.7 Å². The molecule has 0 fully saturated rings. The SMILES string of the molecule is CCCC(C)C(NN)c1cccc(F)c1Br. The quantitative estimate of drug-likeness (QED) is 0.643. The van der Waals surface area contributed by atoms with Crippen LogP contribution in [0, 0.1) is 11.7 Å². The third kappa shape index (κ3) is 3.03. The molecule has 2 unspecified atom stereocenters. The van der Waals surface area contributed by atoms with Gasteiger partial charge in [-0.1, -0.05) is 32.4 Å². The second kappa shape index (κ2) is 6.33. The lowest BCUT2D eigenvalue weighted by molar-refractivity contribution is 0.366. The normalized spacial score (nSPS) is 14.8. The topological polar surface area (TPSA) is 38.0 Å². The van der Waals surface area contributed by atoms with E-state index in [1.54, 1.807) is 6.07 Å². The lowest BCUT2D eigenvalue weighted by atomic mass is 9.91. The molecule has 3 N–H and O–H groups in total. The molecule has 0 heterocycles. The predicted molar refractivity (Wildman–Crippen MR) is 68.2 cm³/mol. The van der Waals surface area contributed by atoms with Gasteiger partial charge in [-0.25, -0.2) is 4.39 Å². The molecule has 0 aromatic heterocycles. The van der Waals surface area contributed by atoms with Gasteiger partial charge < -0.3 is 0 Å². The van der Waals surface area contributed by atoms with Crippen LogP contribution in [0.2, 0.25) is 0 Å². The first-order valence-corrected chi connectivity index (χ1v) is 6.31. The van der Waals surface area contributed by atoms with Gasteiger partial charge in [0.15, 0.2) is 0 Å². The fourth-order valence-corrected chi connectivity index (χ4v) is 2.45. The minimum Gasteiger partial charge on any atom is -0.271 e. The molecule has 0 bridgehead atoms. The minimum absolute atomic E-state index is 0.0231. The van der Waals surface area contributed by atoms with Gasteiger partial charge in [0.05, 0.1) is 4.47 Å². The van der Waals surface area contributed by atoms with E-state index in [2.05, 4.69) is 35.2 Å². The van der Waals surface area contributed by atoms with Crippen molar-refractivity contribution in [3.05, 3.63) is 34.1 Å². The fourth-order valence-electron chi connectivity index (χ4n) is 1.94. The first-order valence-electron chi connectivity index (χ1n) is 5.51. The van der Waals surface area contributed by atoms with Crippen LogP contribution >= 0.6 is 15.9 Å². The highest BCUT2D eigenvalue weighted by Crippen LogP contribution is 2.31. The van der Waals surface area contributed by atoms with E-state index in [4.69, 9.17) is 5.84 Å². The van der Waals surface area contributed by atoms with Gasteiger partial charge in [0.2, 0.25) is 0 Å². The molecule has 0 spiro atoms. The molecule has 0 saturated heterocycles. The predicted octanol–water partition coefficient (Wildman–Crippen LogP) is 3.53. The Hall–Kier alpha value is -0.450. The molecule has 0 aliphatic carbocycles. The Balaban J connectivity index is 2.99. The largest absolute Gasteiger partial charge is 0.271 e. The van der Waals surface area contributed by atoms with Gasteiger partial charge >= 0.3 is 0 Å². The van der Waals surface area contributed by atoms with Gasteiger partial charge in [0.25, 0.3) is 0 Å². The summed E-state index contributed by atoms with van der Waals surface area (Å²) in [6.07, 6.45) is 2.14. The van der Waals surface area contributed by atoms with Crippen LogP contribution in [0.4, 0.5) is 4.39 Å². The number of hydrazine groups is 1. The van der Waals surface area contributed by atoms with Crippen molar-refractivity contribution in [3.63, 3.8) is 0 Å². The number of rotatable bonds is 5. The van der Waals surface area contributed by atoms with Crippen molar-refractivity contribution < 1.29 is 4.39 Å². The first kappa shape index (κ1) is 13.6. The van der Waals surface area contributed by atoms with E-state index in [1.165, 1.54) is 6.07 Å². The standard InChI is InChI=1S/C12H18BrFN2/c1-3-5-8(2)12(16-15)9-6-4-7-10(14)11(9)13/h4,6-8,12,16H,3,5,15H2,1-2H3. The Morgan fingerprint density at radius 2 is 2.19 bits per heavy atom. The molecule has 0 aliphatic rings. The molecule has 2 atom stereocenters. The molecule has 1 aromatic carbocycles. The van der Waals surface area contributed by atoms with Crippen LogP contribution in [0.25, 0.3) is 0 Å². The van der Waals surface area contributed by atoms with Gasteiger partial charge in [0.1, 0.15) is 5.82 Å². The molecule has 90 valence electrons. The molecule has 0 radical (unpaired) electrons. The molecule has 0 aliphatic heterocycles. The van der Waals surface area contributed by atoms with Crippen LogP contribution in [-0.2, 0) is 0 Å². The van der Waals surface area contributed by atoms with Crippen molar-refractivity contribution in [3.8, 4) is 0 Å². The lowest BCUT2D eigenvalue weighted by Crippen LogP contribution is -2.32. The van der Waals surface area contributed by atoms with Gasteiger partial charge in [-0.2, -0.15) is 0 Å². The van der Waals surface area contributed by atoms with E-state index in [9.17, 15) is 4.39 Å². The molecule has 1 rings (SSSR count). The number of hydrogen-bond acceptors (Lipinski definition) is 2. The van der Waals surface area contributed by atoms with Gasteiger partial charge in [-0.15, -0.1) is 0 Å². The third-order valence-electron chi connectivity index (χ3n) is 2.81. The number of benzene rings is 1. The Kier molecular flexibility index (Phi) is 5.38. The Bertz CT molecular complexity index is 344. The monoisotopic (exact) mass is 288 g/mol. The highest BCUT2D eigenvalue weighted by atomic mass is 79.9. The summed E-state index contributed by atoms with van der Waals surface area (Å²) >= 11 is 3.27. The molecular weight excluding hydrogens is 271 g/mol. The summed E-state index contributed by atoms with van der Waals surface area (Å²) in [4.78, 5) is 0. The molecule has 2 nitrogen and oxygen atoms in total. The van der Waals surface area contributed by atoms with Gasteiger partial charge in [0, 0.05) is 6.04 Å². The summed E-state index contributed by atoms with van der Waals surface area (Å²) in [5.41, 5.74) is 3.65. The van der Waals surface area contributed by atoms with Crippen LogP contribution in [0.1, 0.15) is 38.3 Å². The zero-order chi connectivity index (χ0) is 12.1. The summed E-state index contributed by atoms with van der Waals surface area (Å²) in [7, 11) is 0. The zero-order valence-corrected chi connectivity index (χ0v) is 11.2. The maximum absolute atomic E-state index is 13.4. The third-order valence-corrected chi connectivity index (χ3v) is 3.65.